The maximum absolute atomic E-state index is 13.5. The monoisotopic (exact) mass is 491 g/mol. The van der Waals surface area contributed by atoms with Crippen molar-refractivity contribution in [2.24, 2.45) is 13.0 Å². The second-order valence-corrected chi connectivity index (χ2v) is 10.2. The van der Waals surface area contributed by atoms with E-state index < -0.39 is 0 Å². The van der Waals surface area contributed by atoms with Crippen LogP contribution in [0.1, 0.15) is 42.1 Å². The Morgan fingerprint density at radius 3 is 2.33 bits per heavy atom. The largest absolute Gasteiger partial charge is 0.326 e. The van der Waals surface area contributed by atoms with Gasteiger partial charge in [0, 0.05) is 50.6 Å². The summed E-state index contributed by atoms with van der Waals surface area (Å²) in [4.78, 5) is 16.2. The van der Waals surface area contributed by atoms with E-state index >= 15 is 0 Å². The Bertz CT molecular complexity index is 1130. The van der Waals surface area contributed by atoms with Crippen LogP contribution in [0.2, 0.25) is 0 Å². The number of aryl methyl sites for hydroxylation is 2. The Balaban J connectivity index is 1.40. The molecule has 0 radical (unpaired) electrons. The number of rotatable bonds is 9. The molecule has 192 valence electrons. The van der Waals surface area contributed by atoms with E-state index in [0.717, 1.165) is 56.8 Å². The van der Waals surface area contributed by atoms with Crippen molar-refractivity contribution in [2.75, 3.05) is 25.5 Å². The van der Waals surface area contributed by atoms with E-state index in [9.17, 15) is 9.18 Å². The van der Waals surface area contributed by atoms with Gasteiger partial charge >= 0.3 is 0 Å². The summed E-state index contributed by atoms with van der Waals surface area (Å²) in [6.45, 7) is 7.47. The summed E-state index contributed by atoms with van der Waals surface area (Å²) in [6.07, 6.45) is 5.28. The van der Waals surface area contributed by atoms with Gasteiger partial charge in [-0.25, -0.2) is 4.39 Å². The minimum absolute atomic E-state index is 0.0522. The third-order valence-corrected chi connectivity index (χ3v) is 7.32. The Labute approximate surface area is 214 Å². The second-order valence-electron chi connectivity index (χ2n) is 10.2. The summed E-state index contributed by atoms with van der Waals surface area (Å²) in [6, 6.07) is 15.5. The standard InChI is InChI=1S/C29H38FN5O/c1-21-26(20-34(4)32-21)19-33(3)29(17-23-5-9-27(30)10-6-23)25-13-15-35(16-14-25)18-24-7-11-28(12-8-24)31-22(2)36/h5-12,20,25,29H,13-19H2,1-4H3,(H,31,36). The van der Waals surface area contributed by atoms with Gasteiger partial charge < -0.3 is 5.32 Å². The first-order chi connectivity index (χ1) is 17.3. The third-order valence-electron chi connectivity index (χ3n) is 7.32. The quantitative estimate of drug-likeness (QED) is 0.468. The number of aromatic nitrogens is 2. The van der Waals surface area contributed by atoms with E-state index in [1.807, 2.05) is 36.0 Å². The predicted molar refractivity (Wildman–Crippen MR) is 142 cm³/mol. The number of anilines is 1. The topological polar surface area (TPSA) is 53.4 Å². The number of likely N-dealkylation sites (tertiary alicyclic amines) is 1. The lowest BCUT2D eigenvalue weighted by molar-refractivity contribution is -0.114. The van der Waals surface area contributed by atoms with Crippen molar-refractivity contribution in [3.63, 3.8) is 0 Å². The number of halogens is 1. The average Bonchev–Trinajstić information content (AvgIpc) is 3.16. The van der Waals surface area contributed by atoms with Gasteiger partial charge in [-0.05, 0) is 87.6 Å². The van der Waals surface area contributed by atoms with Crippen molar-refractivity contribution in [3.8, 4) is 0 Å². The predicted octanol–water partition coefficient (Wildman–Crippen LogP) is 4.78. The molecule has 3 aromatic rings. The first-order valence-electron chi connectivity index (χ1n) is 12.8. The normalized spacial score (nSPS) is 15.8. The molecule has 7 heteroatoms. The van der Waals surface area contributed by atoms with Gasteiger partial charge in [0.1, 0.15) is 5.82 Å². The molecule has 0 aliphatic carbocycles. The first-order valence-corrected chi connectivity index (χ1v) is 12.8. The minimum Gasteiger partial charge on any atom is -0.326 e. The fourth-order valence-corrected chi connectivity index (χ4v) is 5.38. The van der Waals surface area contributed by atoms with Gasteiger partial charge in [-0.1, -0.05) is 24.3 Å². The average molecular weight is 492 g/mol. The molecule has 1 saturated heterocycles. The lowest BCUT2D eigenvalue weighted by Gasteiger charge is -2.40. The molecule has 1 amide bonds. The Morgan fingerprint density at radius 2 is 1.75 bits per heavy atom. The van der Waals surface area contributed by atoms with Gasteiger partial charge in [0.25, 0.3) is 0 Å². The van der Waals surface area contributed by atoms with Crippen molar-refractivity contribution in [1.82, 2.24) is 19.6 Å². The molecule has 1 aliphatic heterocycles. The summed E-state index contributed by atoms with van der Waals surface area (Å²) in [5, 5.41) is 7.35. The van der Waals surface area contributed by atoms with Gasteiger partial charge in [-0.2, -0.15) is 5.10 Å². The highest BCUT2D eigenvalue weighted by Gasteiger charge is 2.30. The Morgan fingerprint density at radius 1 is 1.11 bits per heavy atom. The molecule has 36 heavy (non-hydrogen) atoms. The fourth-order valence-electron chi connectivity index (χ4n) is 5.38. The van der Waals surface area contributed by atoms with Gasteiger partial charge in [0.05, 0.1) is 5.69 Å². The number of carbonyl (C=O) groups excluding carboxylic acids is 1. The molecule has 1 aromatic heterocycles. The number of amides is 1. The van der Waals surface area contributed by atoms with E-state index in [-0.39, 0.29) is 11.7 Å². The first kappa shape index (κ1) is 26.0. The number of hydrogen-bond acceptors (Lipinski definition) is 4. The van der Waals surface area contributed by atoms with Gasteiger partial charge in [-0.15, -0.1) is 0 Å². The van der Waals surface area contributed by atoms with Gasteiger partial charge in [-0.3, -0.25) is 19.3 Å². The van der Waals surface area contributed by atoms with E-state index in [4.69, 9.17) is 0 Å². The molecule has 2 aromatic carbocycles. The van der Waals surface area contributed by atoms with Crippen molar-refractivity contribution in [1.29, 1.82) is 0 Å². The van der Waals surface area contributed by atoms with Crippen LogP contribution in [-0.4, -0.2) is 51.7 Å². The highest BCUT2D eigenvalue weighted by molar-refractivity contribution is 5.88. The molecule has 6 nitrogen and oxygen atoms in total. The summed E-state index contributed by atoms with van der Waals surface area (Å²) < 4.78 is 15.4. The Kier molecular flexibility index (Phi) is 8.54. The van der Waals surface area contributed by atoms with Crippen LogP contribution in [0.4, 0.5) is 10.1 Å². The van der Waals surface area contributed by atoms with Crippen LogP contribution in [0, 0.1) is 18.7 Å². The molecule has 0 bridgehead atoms. The number of nitrogens with one attached hydrogen (secondary N) is 1. The van der Waals surface area contributed by atoms with Crippen LogP contribution in [0.5, 0.6) is 0 Å². The van der Waals surface area contributed by atoms with Crippen molar-refractivity contribution in [2.45, 2.75) is 52.2 Å². The van der Waals surface area contributed by atoms with Crippen LogP contribution in [0.25, 0.3) is 0 Å². The fraction of sp³-hybridized carbons (Fsp3) is 0.448. The van der Waals surface area contributed by atoms with Crippen molar-refractivity contribution < 1.29 is 9.18 Å². The number of carbonyl (C=O) groups is 1. The minimum atomic E-state index is -0.187. The maximum Gasteiger partial charge on any atom is 0.221 e. The molecule has 1 unspecified atom stereocenters. The van der Waals surface area contributed by atoms with Crippen LogP contribution >= 0.6 is 0 Å². The zero-order valence-electron chi connectivity index (χ0n) is 21.9. The maximum atomic E-state index is 13.5. The molecular formula is C29H38FN5O. The highest BCUT2D eigenvalue weighted by atomic mass is 19.1. The Hall–Kier alpha value is -3.03. The van der Waals surface area contributed by atoms with Crippen molar-refractivity contribution in [3.05, 3.63) is 82.9 Å². The summed E-state index contributed by atoms with van der Waals surface area (Å²) in [5.74, 6) is 0.326. The van der Waals surface area contributed by atoms with Crippen LogP contribution < -0.4 is 5.32 Å². The second kappa shape index (κ2) is 11.8. The van der Waals surface area contributed by atoms with Gasteiger partial charge in [0.15, 0.2) is 0 Å². The molecule has 2 heterocycles. The summed E-state index contributed by atoms with van der Waals surface area (Å²) in [5.41, 5.74) is 5.60. The lowest BCUT2D eigenvalue weighted by atomic mass is 9.84. The van der Waals surface area contributed by atoms with Gasteiger partial charge in [0.2, 0.25) is 5.91 Å². The molecule has 1 atom stereocenters. The van der Waals surface area contributed by atoms with Crippen molar-refractivity contribution >= 4 is 11.6 Å². The third kappa shape index (κ3) is 7.02. The number of benzene rings is 2. The number of hydrogen-bond donors (Lipinski definition) is 1. The van der Waals surface area contributed by atoms with E-state index in [0.29, 0.717) is 12.0 Å². The summed E-state index contributed by atoms with van der Waals surface area (Å²) in [7, 11) is 4.18. The van der Waals surface area contributed by atoms with Crippen LogP contribution in [-0.2, 0) is 31.4 Å². The van der Waals surface area contributed by atoms with Crippen LogP contribution in [0.15, 0.2) is 54.7 Å². The van der Waals surface area contributed by atoms with Crippen LogP contribution in [0.3, 0.4) is 0 Å². The highest BCUT2D eigenvalue weighted by Crippen LogP contribution is 2.28. The summed E-state index contributed by atoms with van der Waals surface area (Å²) >= 11 is 0. The van der Waals surface area contributed by atoms with E-state index in [1.165, 1.54) is 23.6 Å². The number of nitrogens with zero attached hydrogens (tertiary/aromatic N) is 4. The number of piperidine rings is 1. The lowest BCUT2D eigenvalue weighted by Crippen LogP contribution is -2.45. The molecule has 1 fully saturated rings. The number of likely N-dealkylation sites (N-methyl/N-ethyl adjacent to an activating group) is 1. The van der Waals surface area contributed by atoms with E-state index in [2.05, 4.69) is 52.5 Å². The van der Waals surface area contributed by atoms with E-state index in [1.54, 1.807) is 12.1 Å². The zero-order valence-corrected chi connectivity index (χ0v) is 21.9. The molecular weight excluding hydrogens is 453 g/mol. The molecule has 1 aliphatic rings. The SMILES string of the molecule is CC(=O)Nc1ccc(CN2CCC(C(Cc3ccc(F)cc3)N(C)Cc3cn(C)nc3C)CC2)cc1. The molecule has 0 spiro atoms. The smallest absolute Gasteiger partial charge is 0.221 e. The molecule has 1 N–H and O–H groups in total. The molecule has 0 saturated carbocycles. The molecule has 4 rings (SSSR count). The zero-order chi connectivity index (χ0) is 25.7.